The molecular weight excluding hydrogens is 1120 g/mol. The van der Waals surface area contributed by atoms with Crippen molar-refractivity contribution in [2.45, 2.75) is 69.0 Å². The third-order valence-electron chi connectivity index (χ3n) is 28.4. The molecule has 384 valence electrons. The fraction of sp³-hybridized carbons (Fsp3) is 0.176. The second-order valence-corrected chi connectivity index (χ2v) is 28.6. The number of rotatable bonds is 0. The van der Waals surface area contributed by atoms with Crippen molar-refractivity contribution in [2.24, 2.45) is 0 Å². The normalized spacial score (nSPS) is 30.9. The lowest BCUT2D eigenvalue weighted by atomic mass is 9.39. The first-order chi connectivity index (χ1) is 40.0. The first-order valence-corrected chi connectivity index (χ1v) is 28.0. The lowest BCUT2D eigenvalue weighted by molar-refractivity contribution is -0.426. The number of hydrogen-bond acceptors (Lipinski definition) is 0. The third-order valence-corrected chi connectivity index (χ3v) is 28.4. The van der Waals surface area contributed by atoms with Gasteiger partial charge in [-0.3, -0.25) is 0 Å². The molecule has 84 heavy (non-hydrogen) atoms. The third kappa shape index (κ3) is 1.77. The Labute approximate surface area is 440 Å². The number of halogens is 16. The largest absolute Gasteiger partial charge is 0.379 e. The highest BCUT2D eigenvalue weighted by molar-refractivity contribution is 6.77. The quantitative estimate of drug-likeness (QED) is 0.105. The molecule has 24 aromatic rings. The van der Waals surface area contributed by atoms with Crippen molar-refractivity contribution in [3.05, 3.63) is 44.5 Å². The second kappa shape index (κ2) is 7.53. The molecule has 0 aliphatic heterocycles. The van der Waals surface area contributed by atoms with Crippen LogP contribution in [0.25, 0.3) is 259 Å². The Kier molecular flexibility index (Phi) is 3.26. The van der Waals surface area contributed by atoms with Crippen LogP contribution in [0.2, 0.25) is 0 Å². The molecule has 4 unspecified atom stereocenters. The molecule has 10 aliphatic carbocycles. The van der Waals surface area contributed by atoms with Gasteiger partial charge in [-0.15, -0.1) is 0 Å². The van der Waals surface area contributed by atoms with Crippen LogP contribution < -0.4 is 0 Å². The summed E-state index contributed by atoms with van der Waals surface area (Å²) in [5.74, 6) is -51.5. The van der Waals surface area contributed by atoms with Gasteiger partial charge in [0.05, 0.1) is 0 Å². The molecule has 4 atom stereocenters. The molecular formula is C68F16. The van der Waals surface area contributed by atoms with E-state index in [1.807, 2.05) is 0 Å². The van der Waals surface area contributed by atoms with E-state index in [1.54, 1.807) is 0 Å². The molecule has 10 aliphatic rings. The maximum atomic E-state index is 20.0. The molecule has 0 nitrogen and oxygen atoms in total. The summed E-state index contributed by atoms with van der Waals surface area (Å²) in [4.78, 5) is 0. The SMILES string of the molecule is FC1(F)C(F)(F)C(F)(F)C23c4c5c6c7c8c9c(c%10c%11c2c2c4c4c%12c5c5c%13c%14c%15c%16c%17c%18c%19c%20c%21c%22c(c%13c%12c%12c%22c%13c%21c%21c%19c%19c%22c%18c(c%16c8c%15c65)c9c%22c%10c5c%11c6c2c(c4%12)c%13c6c%21c5%19)C%142C(F)(F)C(F)(F)C(F)(F)C(F)(F)C%17%202)C73C1(F)F. The molecule has 0 heterocycles. The van der Waals surface area contributed by atoms with E-state index in [-0.39, 0.29) is 172 Å². The minimum Gasteiger partial charge on any atom is -0.198 e. The fourth-order valence-corrected chi connectivity index (χ4v) is 27.9. The van der Waals surface area contributed by atoms with Crippen LogP contribution in [0.1, 0.15) is 44.5 Å². The molecule has 16 heteroatoms. The molecule has 0 aromatic heterocycles. The first kappa shape index (κ1) is 36.3. The molecule has 2 saturated carbocycles. The van der Waals surface area contributed by atoms with Crippen molar-refractivity contribution >= 4 is 259 Å². The summed E-state index contributed by atoms with van der Waals surface area (Å²) in [5.41, 5.74) is -21.6. The molecule has 34 rings (SSSR count). The van der Waals surface area contributed by atoms with Gasteiger partial charge in [-0.1, -0.05) is 0 Å². The summed E-state index contributed by atoms with van der Waals surface area (Å²) in [6, 6.07) is 0. The molecule has 0 radical (unpaired) electrons. The van der Waals surface area contributed by atoms with Crippen molar-refractivity contribution in [1.82, 2.24) is 0 Å². The van der Waals surface area contributed by atoms with Gasteiger partial charge in [0.15, 0.2) is 0 Å². The summed E-state index contributed by atoms with van der Waals surface area (Å²) in [7, 11) is 0. The van der Waals surface area contributed by atoms with Gasteiger partial charge in [-0.25, -0.2) is 0 Å². The minimum absolute atomic E-state index is 0.00878. The van der Waals surface area contributed by atoms with Crippen LogP contribution in [-0.2, 0) is 21.7 Å². The van der Waals surface area contributed by atoms with Gasteiger partial charge in [0.2, 0.25) is 0 Å². The van der Waals surface area contributed by atoms with Crippen LogP contribution in [0, 0.1) is 0 Å². The predicted molar refractivity (Wildman–Crippen MR) is 287 cm³/mol. The molecule has 0 bridgehead atoms. The van der Waals surface area contributed by atoms with Crippen molar-refractivity contribution in [3.63, 3.8) is 0 Å². The Bertz CT molecular complexity index is 7490. The van der Waals surface area contributed by atoms with E-state index in [2.05, 4.69) is 0 Å². The van der Waals surface area contributed by atoms with E-state index >= 15 is 70.2 Å². The van der Waals surface area contributed by atoms with Gasteiger partial charge >= 0.3 is 47.4 Å². The zero-order valence-electron chi connectivity index (χ0n) is 40.0. The van der Waals surface area contributed by atoms with Gasteiger partial charge in [-0.05, 0) is 303 Å². The van der Waals surface area contributed by atoms with Gasteiger partial charge in [0.1, 0.15) is 21.7 Å². The summed E-state index contributed by atoms with van der Waals surface area (Å²) < 4.78 is 304. The number of benzene rings is 16. The van der Waals surface area contributed by atoms with Crippen LogP contribution in [0.15, 0.2) is 0 Å². The lowest BCUT2D eigenvalue weighted by Crippen LogP contribution is -2.85. The standard InChI is InChI=1S/C68F16/c69-61(70)57-49-33-17-5-3-1-2-4-6-8-14-24-12(4)21(9(1)17)37(49)40(24)52-42-26(14)16-20(8)36-34-18(6)10(2)22-11(3)23-13-7(5)19-15-25(13)41-45-29-27(15)43(53(57)35(19)33)47-31(29)32-30(46(42)56(47)60(52,57)64(75,76)68(83,84)65(61,77)78)28(16)44-48(32)55(45)59-51(41)39(23)38(22)50(34)58(59,54(36)44)62(71,72)66(79,80)67(81,82)63(59,73)74. The van der Waals surface area contributed by atoms with Crippen LogP contribution in [0.5, 0.6) is 0 Å². The second-order valence-electron chi connectivity index (χ2n) is 28.6. The average molecular weight is 1120 g/mol. The van der Waals surface area contributed by atoms with E-state index in [0.29, 0.717) is 86.2 Å². The Morgan fingerprint density at radius 2 is 0.167 bits per heavy atom. The summed E-state index contributed by atoms with van der Waals surface area (Å²) in [6.07, 6.45) is 0. The smallest absolute Gasteiger partial charge is 0.198 e. The zero-order valence-corrected chi connectivity index (χ0v) is 40.0. The number of hydrogen-bond donors (Lipinski definition) is 0. The van der Waals surface area contributed by atoms with Crippen LogP contribution in [-0.4, -0.2) is 47.4 Å². The van der Waals surface area contributed by atoms with E-state index < -0.39 is 114 Å². The predicted octanol–water partition coefficient (Wildman–Crippen LogP) is 20.0. The van der Waals surface area contributed by atoms with Crippen molar-refractivity contribution in [2.75, 3.05) is 0 Å². The highest BCUT2D eigenvalue weighted by atomic mass is 19.4. The van der Waals surface area contributed by atoms with Crippen molar-refractivity contribution < 1.29 is 70.2 Å². The van der Waals surface area contributed by atoms with Gasteiger partial charge in [-0.2, -0.15) is 70.2 Å². The minimum atomic E-state index is -6.80. The lowest BCUT2D eigenvalue weighted by Gasteiger charge is -2.65. The van der Waals surface area contributed by atoms with Gasteiger partial charge in [0, 0.05) is 0 Å². The molecule has 24 aromatic carbocycles. The van der Waals surface area contributed by atoms with Crippen LogP contribution in [0.3, 0.4) is 0 Å². The summed E-state index contributed by atoms with van der Waals surface area (Å²) in [6.45, 7) is 0. The Hall–Kier alpha value is -8.40. The Morgan fingerprint density at radius 1 is 0.0952 bits per heavy atom. The van der Waals surface area contributed by atoms with E-state index in [4.69, 9.17) is 0 Å². The topological polar surface area (TPSA) is 0 Å². The van der Waals surface area contributed by atoms with E-state index in [1.165, 1.54) is 0 Å². The maximum absolute atomic E-state index is 20.0. The summed E-state index contributed by atoms with van der Waals surface area (Å²) >= 11 is 0. The maximum Gasteiger partial charge on any atom is 0.379 e. The van der Waals surface area contributed by atoms with Crippen molar-refractivity contribution in [1.29, 1.82) is 0 Å². The molecule has 0 N–H and O–H groups in total. The first-order valence-electron chi connectivity index (χ1n) is 28.0. The van der Waals surface area contributed by atoms with Gasteiger partial charge in [0.25, 0.3) is 0 Å². The number of alkyl halides is 16. The highest BCUT2D eigenvalue weighted by Crippen LogP contribution is 2.94. The Morgan fingerprint density at radius 3 is 0.250 bits per heavy atom. The molecule has 0 amide bonds. The van der Waals surface area contributed by atoms with E-state index in [9.17, 15) is 0 Å². The molecule has 2 fully saturated rings. The fourth-order valence-electron chi connectivity index (χ4n) is 27.9. The zero-order chi connectivity index (χ0) is 54.3. The summed E-state index contributed by atoms with van der Waals surface area (Å²) in [5, 5.41) is 5.01. The highest BCUT2D eigenvalue weighted by Gasteiger charge is 3.03. The average Bonchev–Trinajstić information content (AvgIpc) is 1.35. The monoisotopic (exact) mass is 1120 g/mol. The molecule has 0 saturated heterocycles. The van der Waals surface area contributed by atoms with Gasteiger partial charge < -0.3 is 0 Å². The van der Waals surface area contributed by atoms with Crippen LogP contribution in [0.4, 0.5) is 70.2 Å². The molecule has 4 spiro atoms. The van der Waals surface area contributed by atoms with Crippen LogP contribution >= 0.6 is 0 Å². The Balaban J connectivity index is 1.13. The van der Waals surface area contributed by atoms with E-state index in [0.717, 1.165) is 0 Å². The van der Waals surface area contributed by atoms with Crippen molar-refractivity contribution in [3.8, 4) is 0 Å².